The van der Waals surface area contributed by atoms with Gasteiger partial charge in [-0.25, -0.2) is 9.67 Å². The van der Waals surface area contributed by atoms with Gasteiger partial charge in [0.25, 0.3) is 0 Å². The van der Waals surface area contributed by atoms with E-state index in [2.05, 4.69) is 26.8 Å². The number of pyridine rings is 1. The van der Waals surface area contributed by atoms with Crippen molar-refractivity contribution in [2.75, 3.05) is 0 Å². The Morgan fingerprint density at radius 1 is 1.43 bits per heavy atom. The van der Waals surface area contributed by atoms with Crippen LogP contribution in [-0.2, 0) is 11.3 Å². The largest absolute Gasteiger partial charge is 0.352 e. The second kappa shape index (κ2) is 6.50. The van der Waals surface area contributed by atoms with Gasteiger partial charge >= 0.3 is 0 Å². The van der Waals surface area contributed by atoms with Crippen molar-refractivity contribution < 1.29 is 4.79 Å². The highest BCUT2D eigenvalue weighted by Crippen LogP contribution is 2.32. The van der Waals surface area contributed by atoms with Crippen LogP contribution in [0.2, 0.25) is 0 Å². The Kier molecular flexibility index (Phi) is 4.43. The van der Waals surface area contributed by atoms with Crippen LogP contribution in [0, 0.1) is 6.92 Å². The van der Waals surface area contributed by atoms with Gasteiger partial charge in [-0.15, -0.1) is 11.3 Å². The second-order valence-corrected chi connectivity index (χ2v) is 6.60. The lowest BCUT2D eigenvalue weighted by Crippen LogP contribution is -2.34. The van der Waals surface area contributed by atoms with Crippen LogP contribution in [0.4, 0.5) is 0 Å². The highest BCUT2D eigenvalue weighted by atomic mass is 32.1. The highest BCUT2D eigenvalue weighted by Gasteiger charge is 2.16. The molecule has 0 aliphatic heterocycles. The molecule has 120 valence electrons. The van der Waals surface area contributed by atoms with Crippen LogP contribution in [0.25, 0.3) is 21.5 Å². The minimum atomic E-state index is -0.0351. The van der Waals surface area contributed by atoms with E-state index in [0.29, 0.717) is 0 Å². The molecule has 0 spiro atoms. The summed E-state index contributed by atoms with van der Waals surface area (Å²) in [5.41, 5.74) is 2.77. The number of carbonyl (C=O) groups is 1. The fourth-order valence-corrected chi connectivity index (χ4v) is 3.35. The second-order valence-electron chi connectivity index (χ2n) is 5.65. The number of fused-ring (bicyclic) bond motifs is 1. The van der Waals surface area contributed by atoms with E-state index in [-0.39, 0.29) is 18.5 Å². The minimum absolute atomic E-state index is 0.0351. The smallest absolute Gasteiger partial charge is 0.242 e. The molecule has 0 bridgehead atoms. The molecule has 0 aliphatic carbocycles. The summed E-state index contributed by atoms with van der Waals surface area (Å²) in [6.07, 6.45) is 2.69. The van der Waals surface area contributed by atoms with Gasteiger partial charge in [-0.3, -0.25) is 4.79 Å². The molecular weight excluding hydrogens is 308 g/mol. The summed E-state index contributed by atoms with van der Waals surface area (Å²) >= 11 is 1.69. The molecular formula is C17H20N4OS. The molecule has 0 aromatic carbocycles. The Labute approximate surface area is 139 Å². The number of aromatic nitrogens is 3. The van der Waals surface area contributed by atoms with Gasteiger partial charge in [-0.1, -0.05) is 13.0 Å². The van der Waals surface area contributed by atoms with Crippen molar-refractivity contribution in [3.05, 3.63) is 35.5 Å². The minimum Gasteiger partial charge on any atom is -0.352 e. The number of carbonyl (C=O) groups excluding carboxylic acids is 1. The van der Waals surface area contributed by atoms with Crippen LogP contribution in [0.15, 0.2) is 29.8 Å². The van der Waals surface area contributed by atoms with Crippen LogP contribution in [0.5, 0.6) is 0 Å². The van der Waals surface area contributed by atoms with Crippen molar-refractivity contribution in [3.63, 3.8) is 0 Å². The maximum absolute atomic E-state index is 12.2. The number of aryl methyl sites for hydroxylation is 1. The Morgan fingerprint density at radius 3 is 2.96 bits per heavy atom. The predicted molar refractivity (Wildman–Crippen MR) is 93.5 cm³/mol. The summed E-state index contributed by atoms with van der Waals surface area (Å²) in [5, 5.41) is 10.6. The zero-order chi connectivity index (χ0) is 16.4. The molecule has 1 unspecified atom stereocenters. The molecule has 0 aliphatic rings. The average molecular weight is 328 g/mol. The quantitative estimate of drug-likeness (QED) is 0.781. The molecule has 3 rings (SSSR count). The van der Waals surface area contributed by atoms with Gasteiger partial charge in [-0.05, 0) is 37.8 Å². The van der Waals surface area contributed by atoms with E-state index in [0.717, 1.165) is 28.7 Å². The first-order valence-corrected chi connectivity index (χ1v) is 8.63. The highest BCUT2D eigenvalue weighted by molar-refractivity contribution is 7.13. The SMILES string of the molecule is CCC(C)NC(=O)Cn1nc(C)c2c(-c3cccs3)ccnc21. The van der Waals surface area contributed by atoms with Crippen LogP contribution in [0.1, 0.15) is 26.0 Å². The van der Waals surface area contributed by atoms with Gasteiger partial charge in [0.1, 0.15) is 6.54 Å². The fraction of sp³-hybridized carbons (Fsp3) is 0.353. The van der Waals surface area contributed by atoms with E-state index in [1.807, 2.05) is 32.9 Å². The van der Waals surface area contributed by atoms with E-state index in [9.17, 15) is 4.79 Å². The number of rotatable bonds is 5. The first-order valence-electron chi connectivity index (χ1n) is 7.75. The monoisotopic (exact) mass is 328 g/mol. The molecule has 3 aromatic heterocycles. The van der Waals surface area contributed by atoms with Crippen molar-refractivity contribution in [1.82, 2.24) is 20.1 Å². The lowest BCUT2D eigenvalue weighted by Gasteiger charge is -2.11. The van der Waals surface area contributed by atoms with E-state index in [1.54, 1.807) is 22.2 Å². The summed E-state index contributed by atoms with van der Waals surface area (Å²) in [7, 11) is 0. The van der Waals surface area contributed by atoms with Crippen molar-refractivity contribution >= 4 is 28.3 Å². The molecule has 0 saturated heterocycles. The summed E-state index contributed by atoms with van der Waals surface area (Å²) < 4.78 is 1.69. The first-order chi connectivity index (χ1) is 11.1. The van der Waals surface area contributed by atoms with E-state index >= 15 is 0 Å². The van der Waals surface area contributed by atoms with Crippen LogP contribution >= 0.6 is 11.3 Å². The van der Waals surface area contributed by atoms with Gasteiger partial charge in [0, 0.05) is 22.7 Å². The summed E-state index contributed by atoms with van der Waals surface area (Å²) in [5.74, 6) is -0.0351. The van der Waals surface area contributed by atoms with Crippen molar-refractivity contribution in [1.29, 1.82) is 0 Å². The lowest BCUT2D eigenvalue weighted by molar-refractivity contribution is -0.122. The van der Waals surface area contributed by atoms with Crippen molar-refractivity contribution in [2.24, 2.45) is 0 Å². The number of thiophene rings is 1. The third-order valence-electron chi connectivity index (χ3n) is 3.91. The van der Waals surface area contributed by atoms with Gasteiger partial charge in [0.15, 0.2) is 5.65 Å². The number of nitrogens with zero attached hydrogens (tertiary/aromatic N) is 3. The number of nitrogens with one attached hydrogen (secondary N) is 1. The average Bonchev–Trinajstić information content (AvgIpc) is 3.16. The number of hydrogen-bond donors (Lipinski definition) is 1. The normalized spacial score (nSPS) is 12.5. The van der Waals surface area contributed by atoms with Crippen LogP contribution < -0.4 is 5.32 Å². The first kappa shape index (κ1) is 15.7. The third kappa shape index (κ3) is 3.12. The van der Waals surface area contributed by atoms with E-state index < -0.39 is 0 Å². The third-order valence-corrected chi connectivity index (χ3v) is 4.81. The van der Waals surface area contributed by atoms with Crippen LogP contribution in [0.3, 0.4) is 0 Å². The zero-order valence-electron chi connectivity index (χ0n) is 13.5. The summed E-state index contributed by atoms with van der Waals surface area (Å²) in [4.78, 5) is 17.8. The lowest BCUT2D eigenvalue weighted by atomic mass is 10.1. The predicted octanol–water partition coefficient (Wildman–Crippen LogP) is 3.38. The van der Waals surface area contributed by atoms with Gasteiger partial charge in [0.2, 0.25) is 5.91 Å². The number of hydrogen-bond acceptors (Lipinski definition) is 4. The standard InChI is InChI=1S/C17H20N4OS/c1-4-11(2)19-15(22)10-21-17-16(12(3)20-21)13(7-8-18-17)14-6-5-9-23-14/h5-9,11H,4,10H2,1-3H3,(H,19,22). The molecule has 1 amide bonds. The zero-order valence-corrected chi connectivity index (χ0v) is 14.4. The Balaban J connectivity index is 1.98. The molecule has 0 saturated carbocycles. The Morgan fingerprint density at radius 2 is 2.26 bits per heavy atom. The Hall–Kier alpha value is -2.21. The van der Waals surface area contributed by atoms with E-state index in [1.165, 1.54) is 4.88 Å². The van der Waals surface area contributed by atoms with E-state index in [4.69, 9.17) is 0 Å². The summed E-state index contributed by atoms with van der Waals surface area (Å²) in [6.45, 7) is 6.20. The maximum Gasteiger partial charge on any atom is 0.242 e. The Bertz CT molecular complexity index is 823. The molecule has 6 heteroatoms. The molecule has 3 aromatic rings. The van der Waals surface area contributed by atoms with Gasteiger partial charge in [0.05, 0.1) is 11.1 Å². The van der Waals surface area contributed by atoms with Crippen LogP contribution in [-0.4, -0.2) is 26.7 Å². The molecule has 0 fully saturated rings. The molecule has 3 heterocycles. The maximum atomic E-state index is 12.2. The number of amides is 1. The van der Waals surface area contributed by atoms with Crippen molar-refractivity contribution in [2.45, 2.75) is 39.8 Å². The molecule has 1 atom stereocenters. The molecule has 23 heavy (non-hydrogen) atoms. The topological polar surface area (TPSA) is 59.8 Å². The molecule has 0 radical (unpaired) electrons. The van der Waals surface area contributed by atoms with Gasteiger partial charge in [-0.2, -0.15) is 5.10 Å². The fourth-order valence-electron chi connectivity index (χ4n) is 2.59. The molecule has 1 N–H and O–H groups in total. The van der Waals surface area contributed by atoms with Crippen molar-refractivity contribution in [3.8, 4) is 10.4 Å². The molecule has 5 nitrogen and oxygen atoms in total. The van der Waals surface area contributed by atoms with Gasteiger partial charge < -0.3 is 5.32 Å². The summed E-state index contributed by atoms with van der Waals surface area (Å²) in [6, 6.07) is 6.30.